The molecule has 0 unspecified atom stereocenters. The lowest BCUT2D eigenvalue weighted by molar-refractivity contribution is 0.0697. The highest BCUT2D eigenvalue weighted by Gasteiger charge is 2.37. The van der Waals surface area contributed by atoms with E-state index >= 15 is 0 Å². The molecule has 1 saturated carbocycles. The average molecular weight is 283 g/mol. The minimum atomic E-state index is -1.06. The van der Waals surface area contributed by atoms with Gasteiger partial charge in [0, 0.05) is 6.54 Å². The van der Waals surface area contributed by atoms with Gasteiger partial charge in [-0.3, -0.25) is 0 Å². The number of halogens is 1. The fourth-order valence-corrected chi connectivity index (χ4v) is 1.83. The summed E-state index contributed by atoms with van der Waals surface area (Å²) in [5, 5.41) is 14.4. The molecule has 5 nitrogen and oxygen atoms in total. The van der Waals surface area contributed by atoms with E-state index in [0.717, 1.165) is 12.8 Å². The number of carbonyl (C=O) groups is 2. The van der Waals surface area contributed by atoms with Gasteiger partial charge in [0.25, 0.3) is 0 Å². The van der Waals surface area contributed by atoms with E-state index in [1.165, 1.54) is 18.2 Å². The fraction of sp³-hybridized carbons (Fsp3) is 0.385. The van der Waals surface area contributed by atoms with Crippen molar-refractivity contribution in [3.63, 3.8) is 0 Å². The number of carboxylic acid groups (broad SMARTS) is 1. The Labute approximate surface area is 116 Å². The molecule has 3 N–H and O–H groups in total. The molecule has 6 heteroatoms. The molecular formula is C13H15ClN2O3. The van der Waals surface area contributed by atoms with Gasteiger partial charge in [-0.1, -0.05) is 18.5 Å². The molecule has 2 amide bonds. The second kappa shape index (κ2) is 5.09. The number of benzene rings is 1. The Balaban J connectivity index is 1.94. The Morgan fingerprint density at radius 3 is 2.63 bits per heavy atom. The van der Waals surface area contributed by atoms with Crippen LogP contribution in [0.4, 0.5) is 10.5 Å². The maximum atomic E-state index is 11.7. The van der Waals surface area contributed by atoms with Crippen molar-refractivity contribution in [1.82, 2.24) is 5.32 Å². The molecule has 0 heterocycles. The summed E-state index contributed by atoms with van der Waals surface area (Å²) in [5.41, 5.74) is 0.709. The van der Waals surface area contributed by atoms with Crippen molar-refractivity contribution in [2.24, 2.45) is 5.41 Å². The highest BCUT2D eigenvalue weighted by atomic mass is 35.5. The summed E-state index contributed by atoms with van der Waals surface area (Å²) >= 11 is 5.91. The number of aromatic carboxylic acids is 1. The van der Waals surface area contributed by atoms with Crippen molar-refractivity contribution in [3.05, 3.63) is 28.8 Å². The molecule has 0 aromatic heterocycles. The number of carbonyl (C=O) groups excluding carboxylic acids is 1. The molecule has 1 aliphatic rings. The zero-order chi connectivity index (χ0) is 14.0. The van der Waals surface area contributed by atoms with E-state index < -0.39 is 5.97 Å². The molecule has 1 aromatic carbocycles. The van der Waals surface area contributed by atoms with Crippen LogP contribution in [0.5, 0.6) is 0 Å². The average Bonchev–Trinajstić information content (AvgIpc) is 3.08. The lowest BCUT2D eigenvalue weighted by Gasteiger charge is -2.12. The summed E-state index contributed by atoms with van der Waals surface area (Å²) in [6, 6.07) is 3.84. The van der Waals surface area contributed by atoms with Gasteiger partial charge in [0.1, 0.15) is 0 Å². The molecule has 1 aliphatic carbocycles. The van der Waals surface area contributed by atoms with Crippen LogP contribution < -0.4 is 10.6 Å². The highest BCUT2D eigenvalue weighted by molar-refractivity contribution is 6.34. The Bertz CT molecular complexity index is 527. The molecule has 0 bridgehead atoms. The van der Waals surface area contributed by atoms with E-state index in [0.29, 0.717) is 12.2 Å². The minimum Gasteiger partial charge on any atom is -0.478 e. The first-order chi connectivity index (χ1) is 8.89. The number of urea groups is 1. The number of rotatable bonds is 4. The summed E-state index contributed by atoms with van der Waals surface area (Å²) < 4.78 is 0. The number of amides is 2. The van der Waals surface area contributed by atoms with Crippen LogP contribution >= 0.6 is 11.6 Å². The topological polar surface area (TPSA) is 78.4 Å². The van der Waals surface area contributed by atoms with Crippen molar-refractivity contribution >= 4 is 29.3 Å². The van der Waals surface area contributed by atoms with Gasteiger partial charge in [-0.15, -0.1) is 0 Å². The smallest absolute Gasteiger partial charge is 0.335 e. The molecule has 0 atom stereocenters. The normalized spacial score (nSPS) is 15.7. The van der Waals surface area contributed by atoms with Gasteiger partial charge in [0.2, 0.25) is 0 Å². The Morgan fingerprint density at radius 1 is 1.42 bits per heavy atom. The van der Waals surface area contributed by atoms with E-state index in [4.69, 9.17) is 16.7 Å². The molecule has 102 valence electrons. The van der Waals surface area contributed by atoms with Gasteiger partial charge in [0.15, 0.2) is 0 Å². The number of nitrogens with one attached hydrogen (secondary N) is 2. The molecule has 1 fully saturated rings. The summed E-state index contributed by atoms with van der Waals surface area (Å²) in [6.45, 7) is 2.74. The van der Waals surface area contributed by atoms with E-state index in [1.807, 2.05) is 0 Å². The maximum Gasteiger partial charge on any atom is 0.335 e. The second-order valence-corrected chi connectivity index (χ2v) is 5.53. The molecular weight excluding hydrogens is 268 g/mol. The first-order valence-corrected chi connectivity index (χ1v) is 6.35. The number of hydrogen-bond donors (Lipinski definition) is 3. The van der Waals surface area contributed by atoms with Gasteiger partial charge in [-0.25, -0.2) is 9.59 Å². The van der Waals surface area contributed by atoms with Crippen LogP contribution in [0.1, 0.15) is 30.1 Å². The Morgan fingerprint density at radius 2 is 2.11 bits per heavy atom. The predicted molar refractivity (Wildman–Crippen MR) is 72.8 cm³/mol. The Hall–Kier alpha value is -1.75. The summed E-state index contributed by atoms with van der Waals surface area (Å²) in [5.74, 6) is -1.06. The summed E-state index contributed by atoms with van der Waals surface area (Å²) in [4.78, 5) is 22.4. The first-order valence-electron chi connectivity index (χ1n) is 5.97. The maximum absolute atomic E-state index is 11.7. The molecule has 0 spiro atoms. The van der Waals surface area contributed by atoms with Crippen LogP contribution in [0.15, 0.2) is 18.2 Å². The van der Waals surface area contributed by atoms with Crippen LogP contribution in [0.25, 0.3) is 0 Å². The third-order valence-electron chi connectivity index (χ3n) is 3.24. The molecule has 1 aromatic rings. The van der Waals surface area contributed by atoms with Crippen molar-refractivity contribution in [2.75, 3.05) is 11.9 Å². The van der Waals surface area contributed by atoms with Crippen molar-refractivity contribution in [3.8, 4) is 0 Å². The monoisotopic (exact) mass is 282 g/mol. The van der Waals surface area contributed by atoms with E-state index in [-0.39, 0.29) is 22.0 Å². The molecule has 0 radical (unpaired) electrons. The zero-order valence-corrected chi connectivity index (χ0v) is 11.3. The summed E-state index contributed by atoms with van der Waals surface area (Å²) in [7, 11) is 0. The lowest BCUT2D eigenvalue weighted by Crippen LogP contribution is -2.33. The van der Waals surface area contributed by atoms with E-state index in [9.17, 15) is 9.59 Å². The predicted octanol–water partition coefficient (Wildman–Crippen LogP) is 2.96. The SMILES string of the molecule is CC1(CNC(=O)Nc2ccc(C(=O)O)cc2Cl)CC1. The van der Waals surface area contributed by atoms with Gasteiger partial charge < -0.3 is 15.7 Å². The molecule has 19 heavy (non-hydrogen) atoms. The highest BCUT2D eigenvalue weighted by Crippen LogP contribution is 2.44. The third-order valence-corrected chi connectivity index (χ3v) is 3.56. The summed E-state index contributed by atoms with van der Waals surface area (Å²) in [6.07, 6.45) is 2.25. The van der Waals surface area contributed by atoms with Gasteiger partial charge in [-0.05, 0) is 36.5 Å². The Kier molecular flexibility index (Phi) is 3.66. The van der Waals surface area contributed by atoms with Crippen LogP contribution in [0.3, 0.4) is 0 Å². The van der Waals surface area contributed by atoms with Gasteiger partial charge in [0.05, 0.1) is 16.3 Å². The van der Waals surface area contributed by atoms with Crippen LogP contribution in [-0.2, 0) is 0 Å². The zero-order valence-electron chi connectivity index (χ0n) is 10.5. The van der Waals surface area contributed by atoms with E-state index in [2.05, 4.69) is 17.6 Å². The van der Waals surface area contributed by atoms with Crippen molar-refractivity contribution in [2.45, 2.75) is 19.8 Å². The van der Waals surface area contributed by atoms with Crippen LogP contribution in [-0.4, -0.2) is 23.7 Å². The fourth-order valence-electron chi connectivity index (χ4n) is 1.60. The minimum absolute atomic E-state index is 0.0847. The molecule has 0 aliphatic heterocycles. The van der Waals surface area contributed by atoms with E-state index in [1.54, 1.807) is 0 Å². The number of carboxylic acids is 1. The third kappa shape index (κ3) is 3.61. The second-order valence-electron chi connectivity index (χ2n) is 5.12. The quantitative estimate of drug-likeness (QED) is 0.794. The lowest BCUT2D eigenvalue weighted by atomic mass is 10.1. The van der Waals surface area contributed by atoms with Crippen molar-refractivity contribution in [1.29, 1.82) is 0 Å². The number of hydrogen-bond acceptors (Lipinski definition) is 2. The van der Waals surface area contributed by atoms with Crippen LogP contribution in [0, 0.1) is 5.41 Å². The van der Waals surface area contributed by atoms with Crippen LogP contribution in [0.2, 0.25) is 5.02 Å². The molecule has 2 rings (SSSR count). The largest absolute Gasteiger partial charge is 0.478 e. The van der Waals surface area contributed by atoms with Gasteiger partial charge >= 0.3 is 12.0 Å². The van der Waals surface area contributed by atoms with Gasteiger partial charge in [-0.2, -0.15) is 0 Å². The standard InChI is InChI=1S/C13H15ClN2O3/c1-13(4-5-13)7-15-12(19)16-10-3-2-8(11(17)18)6-9(10)14/h2-3,6H,4-5,7H2,1H3,(H,17,18)(H2,15,16,19). The molecule has 0 saturated heterocycles. The first kappa shape index (κ1) is 13.7. The number of anilines is 1. The van der Waals surface area contributed by atoms with Crippen molar-refractivity contribution < 1.29 is 14.7 Å².